The van der Waals surface area contributed by atoms with E-state index in [-0.39, 0.29) is 5.91 Å². The van der Waals surface area contributed by atoms with Gasteiger partial charge in [-0.25, -0.2) is 0 Å². The van der Waals surface area contributed by atoms with E-state index in [0.29, 0.717) is 12.0 Å². The van der Waals surface area contributed by atoms with Crippen molar-refractivity contribution in [1.29, 1.82) is 0 Å². The number of nitrogens with one attached hydrogen (secondary N) is 1. The minimum atomic E-state index is 0.175. The number of amides is 1. The summed E-state index contributed by atoms with van der Waals surface area (Å²) in [6, 6.07) is 0.419. The number of hydrogen-bond acceptors (Lipinski definition) is 3. The number of hydrogen-bond donors (Lipinski definition) is 1. The molecule has 5 heteroatoms. The molecule has 2 aliphatic rings. The predicted molar refractivity (Wildman–Crippen MR) is 82.1 cm³/mol. The van der Waals surface area contributed by atoms with E-state index in [2.05, 4.69) is 15.3 Å². The molecule has 1 aromatic rings. The molecule has 1 aromatic heterocycles. The van der Waals surface area contributed by atoms with Crippen molar-refractivity contribution in [3.8, 4) is 0 Å². The molecule has 21 heavy (non-hydrogen) atoms. The predicted octanol–water partition coefficient (Wildman–Crippen LogP) is 1.80. The molecule has 1 amide bonds. The molecular weight excluding hydrogens is 264 g/mol. The fourth-order valence-corrected chi connectivity index (χ4v) is 3.80. The van der Waals surface area contributed by atoms with E-state index in [1.54, 1.807) is 10.9 Å². The highest BCUT2D eigenvalue weighted by Gasteiger charge is 2.33. The smallest absolute Gasteiger partial charge is 0.257 e. The first-order valence-electron chi connectivity index (χ1n) is 8.26. The highest BCUT2D eigenvalue weighted by molar-refractivity contribution is 5.94. The van der Waals surface area contributed by atoms with Gasteiger partial charge in [0.05, 0.1) is 11.8 Å². The molecule has 0 saturated carbocycles. The zero-order valence-electron chi connectivity index (χ0n) is 12.9. The molecule has 2 saturated heterocycles. The molecule has 1 unspecified atom stereocenters. The van der Waals surface area contributed by atoms with Crippen molar-refractivity contribution in [2.45, 2.75) is 44.6 Å². The first-order valence-corrected chi connectivity index (χ1v) is 8.26. The summed E-state index contributed by atoms with van der Waals surface area (Å²) in [4.78, 5) is 15.0. The Morgan fingerprint density at radius 1 is 1.24 bits per heavy atom. The maximum absolute atomic E-state index is 12.9. The van der Waals surface area contributed by atoms with Crippen molar-refractivity contribution in [2.75, 3.05) is 19.6 Å². The Morgan fingerprint density at radius 2 is 2.05 bits per heavy atom. The van der Waals surface area contributed by atoms with Gasteiger partial charge in [-0.15, -0.1) is 0 Å². The number of aryl methyl sites for hydroxylation is 1. The van der Waals surface area contributed by atoms with Crippen molar-refractivity contribution in [3.63, 3.8) is 0 Å². The zero-order chi connectivity index (χ0) is 14.7. The van der Waals surface area contributed by atoms with E-state index < -0.39 is 0 Å². The number of aromatic nitrogens is 2. The van der Waals surface area contributed by atoms with Crippen LogP contribution in [-0.2, 0) is 7.05 Å². The van der Waals surface area contributed by atoms with Gasteiger partial charge in [0, 0.05) is 25.8 Å². The van der Waals surface area contributed by atoms with Gasteiger partial charge in [0.25, 0.3) is 5.91 Å². The maximum atomic E-state index is 12.9. The highest BCUT2D eigenvalue weighted by atomic mass is 16.2. The van der Waals surface area contributed by atoms with Gasteiger partial charge in [-0.05, 0) is 44.7 Å². The summed E-state index contributed by atoms with van der Waals surface area (Å²) in [7, 11) is 1.86. The molecule has 2 aliphatic heterocycles. The lowest BCUT2D eigenvalue weighted by Crippen LogP contribution is -2.47. The average Bonchev–Trinajstić information content (AvgIpc) is 2.81. The van der Waals surface area contributed by atoms with Crippen LogP contribution in [0.2, 0.25) is 0 Å². The molecule has 3 rings (SSSR count). The van der Waals surface area contributed by atoms with Crippen molar-refractivity contribution < 1.29 is 4.79 Å². The van der Waals surface area contributed by atoms with Crippen molar-refractivity contribution >= 4 is 5.91 Å². The third-order valence-electron chi connectivity index (χ3n) is 4.94. The third-order valence-corrected chi connectivity index (χ3v) is 4.94. The van der Waals surface area contributed by atoms with E-state index in [1.807, 2.05) is 13.2 Å². The van der Waals surface area contributed by atoms with E-state index in [4.69, 9.17) is 0 Å². The highest BCUT2D eigenvalue weighted by Crippen LogP contribution is 2.29. The normalized spacial score (nSPS) is 24.8. The third kappa shape index (κ3) is 3.28. The first kappa shape index (κ1) is 14.6. The summed E-state index contributed by atoms with van der Waals surface area (Å²) in [6.07, 6.45) is 10.7. The van der Waals surface area contributed by atoms with Crippen LogP contribution in [-0.4, -0.2) is 46.3 Å². The topological polar surface area (TPSA) is 50.2 Å². The number of rotatable bonds is 2. The van der Waals surface area contributed by atoms with Gasteiger partial charge < -0.3 is 10.2 Å². The molecule has 1 N–H and O–H groups in total. The molecule has 1 atom stereocenters. The van der Waals surface area contributed by atoms with Gasteiger partial charge in [0.1, 0.15) is 0 Å². The number of piperidine rings is 1. The fraction of sp³-hybridized carbons (Fsp3) is 0.750. The Balaban J connectivity index is 1.79. The quantitative estimate of drug-likeness (QED) is 0.903. The number of nitrogens with zero attached hydrogens (tertiary/aromatic N) is 3. The molecule has 0 radical (unpaired) electrons. The Hall–Kier alpha value is -1.36. The van der Waals surface area contributed by atoms with E-state index >= 15 is 0 Å². The second-order valence-electron chi connectivity index (χ2n) is 6.41. The summed E-state index contributed by atoms with van der Waals surface area (Å²) < 4.78 is 1.71. The molecular formula is C16H26N4O. The molecule has 0 aliphatic carbocycles. The Labute approximate surface area is 126 Å². The SMILES string of the molecule is Cn1cc(C(=O)N2CCCCCC2C2CCNCC2)cn1. The van der Waals surface area contributed by atoms with Crippen LogP contribution < -0.4 is 5.32 Å². The summed E-state index contributed by atoms with van der Waals surface area (Å²) in [5.74, 6) is 0.832. The monoisotopic (exact) mass is 290 g/mol. The van der Waals surface area contributed by atoms with E-state index in [9.17, 15) is 4.79 Å². The van der Waals surface area contributed by atoms with Crippen LogP contribution in [0.25, 0.3) is 0 Å². The van der Waals surface area contributed by atoms with Crippen LogP contribution in [0.15, 0.2) is 12.4 Å². The molecule has 2 fully saturated rings. The van der Waals surface area contributed by atoms with Crippen LogP contribution in [0.4, 0.5) is 0 Å². The Morgan fingerprint density at radius 3 is 2.76 bits per heavy atom. The van der Waals surface area contributed by atoms with Gasteiger partial charge >= 0.3 is 0 Å². The number of carbonyl (C=O) groups excluding carboxylic acids is 1. The largest absolute Gasteiger partial charge is 0.335 e. The molecule has 0 aromatic carbocycles. The minimum absolute atomic E-state index is 0.175. The average molecular weight is 290 g/mol. The van der Waals surface area contributed by atoms with Gasteiger partial charge in [-0.1, -0.05) is 12.8 Å². The van der Waals surface area contributed by atoms with Crippen LogP contribution in [0, 0.1) is 5.92 Å². The Bertz CT molecular complexity index is 478. The Kier molecular flexibility index (Phi) is 4.58. The minimum Gasteiger partial charge on any atom is -0.335 e. The second-order valence-corrected chi connectivity index (χ2v) is 6.41. The van der Waals surface area contributed by atoms with Gasteiger partial charge in [-0.3, -0.25) is 9.48 Å². The molecule has 5 nitrogen and oxygen atoms in total. The molecule has 0 spiro atoms. The van der Waals surface area contributed by atoms with Crippen LogP contribution in [0.5, 0.6) is 0 Å². The lowest BCUT2D eigenvalue weighted by molar-refractivity contribution is 0.0582. The van der Waals surface area contributed by atoms with E-state index in [1.165, 1.54) is 25.7 Å². The molecule has 3 heterocycles. The van der Waals surface area contributed by atoms with Crippen molar-refractivity contribution in [1.82, 2.24) is 20.0 Å². The number of carbonyl (C=O) groups is 1. The lowest BCUT2D eigenvalue weighted by Gasteiger charge is -2.38. The maximum Gasteiger partial charge on any atom is 0.257 e. The fourth-order valence-electron chi connectivity index (χ4n) is 3.80. The van der Waals surface area contributed by atoms with Gasteiger partial charge in [0.15, 0.2) is 0 Å². The standard InChI is InChI=1S/C16H26N4O/c1-19-12-14(11-18-19)16(21)20-10-4-2-3-5-15(20)13-6-8-17-9-7-13/h11-13,15,17H,2-10H2,1H3. The molecule has 0 bridgehead atoms. The molecule has 116 valence electrons. The number of likely N-dealkylation sites (tertiary alicyclic amines) is 1. The van der Waals surface area contributed by atoms with Gasteiger partial charge in [-0.2, -0.15) is 5.10 Å². The van der Waals surface area contributed by atoms with Crippen LogP contribution in [0.3, 0.4) is 0 Å². The first-order chi connectivity index (χ1) is 10.3. The van der Waals surface area contributed by atoms with Gasteiger partial charge in [0.2, 0.25) is 0 Å². The van der Waals surface area contributed by atoms with E-state index in [0.717, 1.165) is 38.0 Å². The van der Waals surface area contributed by atoms with Crippen molar-refractivity contribution in [3.05, 3.63) is 18.0 Å². The summed E-state index contributed by atoms with van der Waals surface area (Å²) in [5, 5.41) is 7.58. The second kappa shape index (κ2) is 6.60. The van der Waals surface area contributed by atoms with Crippen molar-refractivity contribution in [2.24, 2.45) is 13.0 Å². The summed E-state index contributed by atoms with van der Waals surface area (Å²) in [6.45, 7) is 3.09. The summed E-state index contributed by atoms with van der Waals surface area (Å²) >= 11 is 0. The summed E-state index contributed by atoms with van der Waals surface area (Å²) in [5.41, 5.74) is 0.735. The zero-order valence-corrected chi connectivity index (χ0v) is 12.9. The van der Waals surface area contributed by atoms with Crippen LogP contribution >= 0.6 is 0 Å². The lowest BCUT2D eigenvalue weighted by atomic mass is 9.86. The van der Waals surface area contributed by atoms with Crippen LogP contribution in [0.1, 0.15) is 48.9 Å².